The molecule has 3 aliphatic heterocycles. The van der Waals surface area contributed by atoms with E-state index in [0.29, 0.717) is 17.6 Å². The molecule has 3 saturated heterocycles. The molecule has 1 aromatic heterocycles. The number of hydrogen-bond donors (Lipinski definition) is 2. The van der Waals surface area contributed by atoms with E-state index in [4.69, 9.17) is 0 Å². The molecule has 5 rings (SSSR count). The summed E-state index contributed by atoms with van der Waals surface area (Å²) >= 11 is 1.52. The molecule has 0 spiro atoms. The van der Waals surface area contributed by atoms with E-state index < -0.39 is 0 Å². The van der Waals surface area contributed by atoms with Crippen molar-refractivity contribution < 1.29 is 9.59 Å². The molecule has 26 heavy (non-hydrogen) atoms. The molecule has 5 nitrogen and oxygen atoms in total. The van der Waals surface area contributed by atoms with Gasteiger partial charge in [0.15, 0.2) is 0 Å². The molecule has 3 atom stereocenters. The zero-order chi connectivity index (χ0) is 17.7. The molecular weight excluding hydrogens is 346 g/mol. The lowest BCUT2D eigenvalue weighted by Gasteiger charge is -2.21. The summed E-state index contributed by atoms with van der Waals surface area (Å²) in [5.41, 5.74) is 0.679. The lowest BCUT2D eigenvalue weighted by atomic mass is 9.95. The highest BCUT2D eigenvalue weighted by Gasteiger charge is 2.39. The van der Waals surface area contributed by atoms with Crippen LogP contribution in [0.5, 0.6) is 0 Å². The summed E-state index contributed by atoms with van der Waals surface area (Å²) < 4.78 is 1.06. The van der Waals surface area contributed by atoms with E-state index in [-0.39, 0.29) is 17.9 Å². The van der Waals surface area contributed by atoms with Gasteiger partial charge in [0.2, 0.25) is 0 Å². The van der Waals surface area contributed by atoms with Crippen molar-refractivity contribution in [3.63, 3.8) is 0 Å². The predicted octanol–water partition coefficient (Wildman–Crippen LogP) is 2.76. The van der Waals surface area contributed by atoms with Crippen molar-refractivity contribution >= 4 is 33.2 Å². The maximum Gasteiger partial charge on any atom is 0.263 e. The van der Waals surface area contributed by atoms with Crippen LogP contribution in [0.2, 0.25) is 0 Å². The molecule has 6 heteroatoms. The van der Waals surface area contributed by atoms with Crippen LogP contribution < -0.4 is 10.6 Å². The summed E-state index contributed by atoms with van der Waals surface area (Å²) in [6.07, 6.45) is 5.61. The van der Waals surface area contributed by atoms with Crippen molar-refractivity contribution in [1.29, 1.82) is 0 Å². The van der Waals surface area contributed by atoms with Crippen LogP contribution in [0, 0.1) is 0 Å². The summed E-state index contributed by atoms with van der Waals surface area (Å²) in [6, 6.07) is 8.95. The van der Waals surface area contributed by atoms with E-state index in [1.807, 2.05) is 29.2 Å². The van der Waals surface area contributed by atoms with Crippen LogP contribution in [0.15, 0.2) is 24.3 Å². The van der Waals surface area contributed by atoms with Crippen molar-refractivity contribution in [2.24, 2.45) is 0 Å². The first-order chi connectivity index (χ1) is 12.7. The van der Waals surface area contributed by atoms with Gasteiger partial charge in [0.05, 0.1) is 4.88 Å². The van der Waals surface area contributed by atoms with Gasteiger partial charge in [0, 0.05) is 41.5 Å². The molecule has 2 N–H and O–H groups in total. The minimum absolute atomic E-state index is 0.00938. The minimum atomic E-state index is -0.00938. The van der Waals surface area contributed by atoms with Gasteiger partial charge in [0.1, 0.15) is 0 Å². The molecule has 2 aromatic rings. The molecular formula is C20H23N3O2S. The molecule has 2 amide bonds. The topological polar surface area (TPSA) is 61.4 Å². The minimum Gasteiger partial charge on any atom is -0.348 e. The Hall–Kier alpha value is -1.92. The van der Waals surface area contributed by atoms with Gasteiger partial charge in [-0.1, -0.05) is 0 Å². The van der Waals surface area contributed by atoms with Crippen molar-refractivity contribution in [3.8, 4) is 0 Å². The van der Waals surface area contributed by atoms with Crippen LogP contribution in [-0.2, 0) is 0 Å². The molecule has 136 valence electrons. The third-order valence-electron chi connectivity index (χ3n) is 6.00. The van der Waals surface area contributed by atoms with Gasteiger partial charge in [0.25, 0.3) is 11.8 Å². The first kappa shape index (κ1) is 16.3. The maximum atomic E-state index is 12.7. The summed E-state index contributed by atoms with van der Waals surface area (Å²) in [6.45, 7) is 1.72. The molecule has 3 aliphatic rings. The Bertz CT molecular complexity index is 871. The van der Waals surface area contributed by atoms with Crippen LogP contribution in [0.4, 0.5) is 0 Å². The number of carbonyl (C=O) groups is 2. The number of rotatable bonds is 3. The Morgan fingerprint density at radius 1 is 1.15 bits per heavy atom. The van der Waals surface area contributed by atoms with Gasteiger partial charge in [-0.3, -0.25) is 9.59 Å². The highest BCUT2D eigenvalue weighted by molar-refractivity contribution is 7.20. The van der Waals surface area contributed by atoms with Gasteiger partial charge in [-0.25, -0.2) is 0 Å². The average Bonchev–Trinajstić information content (AvgIpc) is 3.43. The summed E-state index contributed by atoms with van der Waals surface area (Å²) in [4.78, 5) is 28.0. The third-order valence-corrected chi connectivity index (χ3v) is 7.10. The number of likely N-dealkylation sites (tertiary alicyclic amines) is 1. The zero-order valence-corrected chi connectivity index (χ0v) is 15.5. The normalized spacial score (nSPS) is 27.4. The third kappa shape index (κ3) is 2.81. The summed E-state index contributed by atoms with van der Waals surface area (Å²) in [5, 5.41) is 7.73. The molecule has 0 unspecified atom stereocenters. The average molecular weight is 369 g/mol. The molecule has 0 radical (unpaired) electrons. The van der Waals surface area contributed by atoms with Crippen molar-refractivity contribution in [3.05, 3.63) is 34.7 Å². The van der Waals surface area contributed by atoms with E-state index in [0.717, 1.165) is 53.7 Å². The lowest BCUT2D eigenvalue weighted by Crippen LogP contribution is -2.42. The fraction of sp³-hybridized carbons (Fsp3) is 0.500. The number of benzene rings is 1. The lowest BCUT2D eigenvalue weighted by molar-refractivity contribution is 0.0797. The van der Waals surface area contributed by atoms with E-state index in [1.54, 1.807) is 0 Å². The Morgan fingerprint density at radius 2 is 2.00 bits per heavy atom. The van der Waals surface area contributed by atoms with Gasteiger partial charge >= 0.3 is 0 Å². The summed E-state index contributed by atoms with van der Waals surface area (Å²) in [5.74, 6) is 0.118. The Kier molecular flexibility index (Phi) is 3.98. The monoisotopic (exact) mass is 369 g/mol. The quantitative estimate of drug-likeness (QED) is 0.875. The Labute approximate surface area is 156 Å². The highest BCUT2D eigenvalue weighted by atomic mass is 32.1. The Morgan fingerprint density at radius 3 is 2.73 bits per heavy atom. The zero-order valence-electron chi connectivity index (χ0n) is 14.7. The second kappa shape index (κ2) is 6.35. The second-order valence-electron chi connectivity index (χ2n) is 7.73. The number of nitrogens with one attached hydrogen (secondary N) is 2. The number of amides is 2. The number of nitrogens with zero attached hydrogens (tertiary/aromatic N) is 1. The SMILES string of the molecule is O=C(N[C@@H]1C[C@H]2CC[C@@H]1N2)c1ccc2sc(C(=O)N3CCCC3)cc2c1. The van der Waals surface area contributed by atoms with Crippen LogP contribution >= 0.6 is 11.3 Å². The first-order valence-electron chi connectivity index (χ1n) is 9.57. The Balaban J connectivity index is 1.34. The molecule has 4 heterocycles. The van der Waals surface area contributed by atoms with Gasteiger partial charge < -0.3 is 15.5 Å². The van der Waals surface area contributed by atoms with E-state index >= 15 is 0 Å². The number of carbonyl (C=O) groups excluding carboxylic acids is 2. The van der Waals surface area contributed by atoms with Crippen molar-refractivity contribution in [1.82, 2.24) is 15.5 Å². The van der Waals surface area contributed by atoms with E-state index in [1.165, 1.54) is 17.8 Å². The smallest absolute Gasteiger partial charge is 0.263 e. The summed E-state index contributed by atoms with van der Waals surface area (Å²) in [7, 11) is 0. The van der Waals surface area contributed by atoms with E-state index in [2.05, 4.69) is 10.6 Å². The highest BCUT2D eigenvalue weighted by Crippen LogP contribution is 2.30. The first-order valence-corrected chi connectivity index (χ1v) is 10.4. The van der Waals surface area contributed by atoms with Gasteiger partial charge in [-0.2, -0.15) is 0 Å². The molecule has 3 fully saturated rings. The predicted molar refractivity (Wildman–Crippen MR) is 103 cm³/mol. The largest absolute Gasteiger partial charge is 0.348 e. The number of thiophene rings is 1. The van der Waals surface area contributed by atoms with Crippen LogP contribution in [0.1, 0.15) is 52.1 Å². The van der Waals surface area contributed by atoms with Gasteiger partial charge in [-0.15, -0.1) is 11.3 Å². The molecule has 1 aromatic carbocycles. The molecule has 2 bridgehead atoms. The van der Waals surface area contributed by atoms with Crippen molar-refractivity contribution in [2.45, 2.75) is 50.2 Å². The van der Waals surface area contributed by atoms with Gasteiger partial charge in [-0.05, 0) is 61.8 Å². The molecule has 0 saturated carbocycles. The van der Waals surface area contributed by atoms with Crippen molar-refractivity contribution in [2.75, 3.05) is 13.1 Å². The van der Waals surface area contributed by atoms with E-state index in [9.17, 15) is 9.59 Å². The standard InChI is InChI=1S/C20H23N3O2S/c24-19(22-16-11-14-4-5-15(16)21-14)12-3-6-17-13(9-12)10-18(26-17)20(25)23-7-1-2-8-23/h3,6,9-10,14-16,21H,1-2,4-5,7-8,11H2,(H,22,24)/t14-,15+,16-/m1/s1. The van der Waals surface area contributed by atoms with Crippen LogP contribution in [-0.4, -0.2) is 47.9 Å². The maximum absolute atomic E-state index is 12.7. The molecule has 0 aliphatic carbocycles. The fourth-order valence-electron chi connectivity index (χ4n) is 4.60. The fourth-order valence-corrected chi connectivity index (χ4v) is 5.61. The van der Waals surface area contributed by atoms with Crippen LogP contribution in [0.25, 0.3) is 10.1 Å². The number of hydrogen-bond acceptors (Lipinski definition) is 4. The second-order valence-corrected chi connectivity index (χ2v) is 8.81. The van der Waals surface area contributed by atoms with Crippen LogP contribution in [0.3, 0.4) is 0 Å². The number of fused-ring (bicyclic) bond motifs is 3.